The van der Waals surface area contributed by atoms with E-state index >= 15 is 0 Å². The molecule has 1 saturated carbocycles. The first-order valence-corrected chi connectivity index (χ1v) is 9.57. The number of nitrogens with one attached hydrogen (secondary N) is 2. The second kappa shape index (κ2) is 8.27. The van der Waals surface area contributed by atoms with Crippen LogP contribution in [0.15, 0.2) is 4.52 Å². The highest BCUT2D eigenvalue weighted by molar-refractivity contribution is 5.77. The van der Waals surface area contributed by atoms with Crippen molar-refractivity contribution in [1.82, 2.24) is 25.7 Å². The summed E-state index contributed by atoms with van der Waals surface area (Å²) in [6, 6.07) is 0. The zero-order chi connectivity index (χ0) is 17.7. The van der Waals surface area contributed by atoms with Crippen molar-refractivity contribution in [2.75, 3.05) is 27.2 Å². The van der Waals surface area contributed by atoms with Gasteiger partial charge in [0, 0.05) is 6.42 Å². The van der Waals surface area contributed by atoms with Gasteiger partial charge in [-0.2, -0.15) is 4.98 Å². The summed E-state index contributed by atoms with van der Waals surface area (Å²) in [7, 11) is 3.94. The van der Waals surface area contributed by atoms with Gasteiger partial charge in [-0.25, -0.2) is 0 Å². The Hall–Kier alpha value is -1.47. The van der Waals surface area contributed by atoms with E-state index in [0.29, 0.717) is 30.6 Å². The monoisotopic (exact) mass is 349 g/mol. The molecule has 3 rings (SSSR count). The summed E-state index contributed by atoms with van der Waals surface area (Å²) in [6.45, 7) is 2.77. The highest BCUT2D eigenvalue weighted by Gasteiger charge is 2.41. The normalized spacial score (nSPS) is 20.9. The maximum Gasteiger partial charge on any atom is 0.240 e. The molecule has 0 spiro atoms. The molecule has 0 bridgehead atoms. The van der Waals surface area contributed by atoms with Crippen LogP contribution in [0.2, 0.25) is 0 Å². The van der Waals surface area contributed by atoms with E-state index < -0.39 is 5.54 Å². The molecular formula is C18H31N5O2. The second-order valence-corrected chi connectivity index (χ2v) is 7.82. The molecule has 1 aliphatic heterocycles. The Kier molecular flexibility index (Phi) is 6.06. The number of rotatable bonds is 7. The van der Waals surface area contributed by atoms with Crippen LogP contribution in [0.5, 0.6) is 0 Å². The van der Waals surface area contributed by atoms with Crippen LogP contribution in [-0.4, -0.2) is 48.1 Å². The Morgan fingerprint density at radius 2 is 2.04 bits per heavy atom. The number of aromatic nitrogens is 2. The van der Waals surface area contributed by atoms with Crippen molar-refractivity contribution in [3.8, 4) is 0 Å². The summed E-state index contributed by atoms with van der Waals surface area (Å²) in [5, 5.41) is 10.8. The molecule has 7 heteroatoms. The Labute approximate surface area is 149 Å². The van der Waals surface area contributed by atoms with Gasteiger partial charge in [0.15, 0.2) is 5.82 Å². The average Bonchev–Trinajstić information content (AvgIpc) is 3.24. The molecule has 0 radical (unpaired) electrons. The van der Waals surface area contributed by atoms with E-state index in [1.807, 2.05) is 19.0 Å². The number of hydrogen-bond donors (Lipinski definition) is 2. The van der Waals surface area contributed by atoms with Crippen LogP contribution < -0.4 is 10.6 Å². The van der Waals surface area contributed by atoms with Gasteiger partial charge in [0.2, 0.25) is 11.8 Å². The largest absolute Gasteiger partial charge is 0.343 e. The van der Waals surface area contributed by atoms with Gasteiger partial charge in [-0.3, -0.25) is 4.79 Å². The van der Waals surface area contributed by atoms with Gasteiger partial charge in [-0.15, -0.1) is 0 Å². The number of piperidine rings is 1. The van der Waals surface area contributed by atoms with Gasteiger partial charge < -0.3 is 20.1 Å². The van der Waals surface area contributed by atoms with Crippen molar-refractivity contribution in [2.45, 2.75) is 63.5 Å². The first-order valence-electron chi connectivity index (χ1n) is 9.57. The Morgan fingerprint density at radius 3 is 2.72 bits per heavy atom. The molecule has 25 heavy (non-hydrogen) atoms. The minimum atomic E-state index is -0.431. The van der Waals surface area contributed by atoms with Crippen LogP contribution in [0.25, 0.3) is 0 Å². The first-order chi connectivity index (χ1) is 12.1. The molecule has 1 aromatic rings. The Bertz CT molecular complexity index is 560. The third-order valence-electron chi connectivity index (χ3n) is 5.42. The highest BCUT2D eigenvalue weighted by Crippen LogP contribution is 2.37. The molecule has 1 saturated heterocycles. The maximum atomic E-state index is 12.6. The first kappa shape index (κ1) is 18.3. The average molecular weight is 349 g/mol. The quantitative estimate of drug-likeness (QED) is 0.781. The van der Waals surface area contributed by atoms with Gasteiger partial charge in [0.1, 0.15) is 5.54 Å². The molecular weight excluding hydrogens is 318 g/mol. The molecule has 0 unspecified atom stereocenters. The van der Waals surface area contributed by atoms with Crippen LogP contribution in [0.3, 0.4) is 0 Å². The number of carbonyl (C=O) groups is 1. The van der Waals surface area contributed by atoms with E-state index in [1.54, 1.807) is 0 Å². The van der Waals surface area contributed by atoms with Crippen molar-refractivity contribution < 1.29 is 9.32 Å². The van der Waals surface area contributed by atoms with Gasteiger partial charge in [0.25, 0.3) is 0 Å². The minimum Gasteiger partial charge on any atom is -0.343 e. The van der Waals surface area contributed by atoms with E-state index in [1.165, 1.54) is 12.8 Å². The summed E-state index contributed by atoms with van der Waals surface area (Å²) in [6.07, 6.45) is 7.89. The topological polar surface area (TPSA) is 83.3 Å². The van der Waals surface area contributed by atoms with E-state index in [0.717, 1.165) is 45.2 Å². The van der Waals surface area contributed by atoms with E-state index in [9.17, 15) is 4.79 Å². The highest BCUT2D eigenvalue weighted by atomic mass is 16.5. The SMILES string of the molecule is CN(C)Cc1nc(C2(NC(=O)CCC3CCNCC3)CCCC2)no1. The summed E-state index contributed by atoms with van der Waals surface area (Å²) in [4.78, 5) is 19.1. The van der Waals surface area contributed by atoms with Crippen molar-refractivity contribution in [3.05, 3.63) is 11.7 Å². The molecule has 2 heterocycles. The van der Waals surface area contributed by atoms with Crippen molar-refractivity contribution >= 4 is 5.91 Å². The molecule has 1 aliphatic carbocycles. The van der Waals surface area contributed by atoms with Crippen LogP contribution in [0.4, 0.5) is 0 Å². The van der Waals surface area contributed by atoms with Gasteiger partial charge in [-0.05, 0) is 65.2 Å². The second-order valence-electron chi connectivity index (χ2n) is 7.82. The summed E-state index contributed by atoms with van der Waals surface area (Å²) in [5.74, 6) is 2.05. The molecule has 1 aromatic heterocycles. The van der Waals surface area contributed by atoms with Crippen LogP contribution in [0.1, 0.15) is 63.1 Å². The molecule has 0 atom stereocenters. The predicted octanol–water partition coefficient (Wildman–Crippen LogP) is 1.80. The standard InChI is InChI=1S/C18H31N5O2/c1-23(2)13-16-20-17(22-25-16)18(9-3-4-10-18)21-15(24)6-5-14-7-11-19-12-8-14/h14,19H,3-13H2,1-2H3,(H,21,24). The van der Waals surface area contributed by atoms with Crippen LogP contribution >= 0.6 is 0 Å². The lowest BCUT2D eigenvalue weighted by Gasteiger charge is -2.28. The summed E-state index contributed by atoms with van der Waals surface area (Å²) in [5.41, 5.74) is -0.431. The van der Waals surface area contributed by atoms with E-state index in [4.69, 9.17) is 4.52 Å². The van der Waals surface area contributed by atoms with Gasteiger partial charge in [0.05, 0.1) is 6.54 Å². The zero-order valence-corrected chi connectivity index (χ0v) is 15.5. The lowest BCUT2D eigenvalue weighted by atomic mass is 9.92. The fourth-order valence-corrected chi connectivity index (χ4v) is 4.00. The van der Waals surface area contributed by atoms with Crippen molar-refractivity contribution in [2.24, 2.45) is 5.92 Å². The molecule has 140 valence electrons. The number of amides is 1. The molecule has 2 aliphatic rings. The van der Waals surface area contributed by atoms with Gasteiger partial charge >= 0.3 is 0 Å². The molecule has 2 fully saturated rings. The summed E-state index contributed by atoms with van der Waals surface area (Å²) < 4.78 is 5.39. The van der Waals surface area contributed by atoms with Crippen molar-refractivity contribution in [3.63, 3.8) is 0 Å². The fourth-order valence-electron chi connectivity index (χ4n) is 4.00. The van der Waals surface area contributed by atoms with Crippen LogP contribution in [0, 0.1) is 5.92 Å². The molecule has 7 nitrogen and oxygen atoms in total. The maximum absolute atomic E-state index is 12.6. The third-order valence-corrected chi connectivity index (χ3v) is 5.42. The Balaban J connectivity index is 1.59. The number of nitrogens with zero attached hydrogens (tertiary/aromatic N) is 3. The lowest BCUT2D eigenvalue weighted by molar-refractivity contribution is -0.123. The smallest absolute Gasteiger partial charge is 0.240 e. The molecule has 2 N–H and O–H groups in total. The van der Waals surface area contributed by atoms with Gasteiger partial charge in [-0.1, -0.05) is 18.0 Å². The minimum absolute atomic E-state index is 0.124. The fraction of sp³-hybridized carbons (Fsp3) is 0.833. The lowest BCUT2D eigenvalue weighted by Crippen LogP contribution is -2.44. The van der Waals surface area contributed by atoms with E-state index in [-0.39, 0.29) is 5.91 Å². The van der Waals surface area contributed by atoms with Crippen molar-refractivity contribution in [1.29, 1.82) is 0 Å². The summed E-state index contributed by atoms with van der Waals surface area (Å²) >= 11 is 0. The third kappa shape index (κ3) is 4.79. The van der Waals surface area contributed by atoms with Crippen LogP contribution in [-0.2, 0) is 16.9 Å². The van der Waals surface area contributed by atoms with E-state index in [2.05, 4.69) is 20.8 Å². The Morgan fingerprint density at radius 1 is 1.32 bits per heavy atom. The molecule has 0 aromatic carbocycles. The predicted molar refractivity (Wildman–Crippen MR) is 94.8 cm³/mol. The number of hydrogen-bond acceptors (Lipinski definition) is 6. The zero-order valence-electron chi connectivity index (χ0n) is 15.5. The number of carbonyl (C=O) groups excluding carboxylic acids is 1. The molecule has 1 amide bonds.